The number of para-hydroxylation sites is 2. The van der Waals surface area contributed by atoms with Gasteiger partial charge in [0.2, 0.25) is 0 Å². The predicted octanol–water partition coefficient (Wildman–Crippen LogP) is 1.68. The summed E-state index contributed by atoms with van der Waals surface area (Å²) in [5, 5.41) is 24.0. The Balaban J connectivity index is 0.00000210. The monoisotopic (exact) mass is 472 g/mol. The summed E-state index contributed by atoms with van der Waals surface area (Å²) in [5.74, 6) is 0.836. The molecule has 1 radical (unpaired) electrons. The van der Waals surface area contributed by atoms with Gasteiger partial charge >= 0.3 is 17.1 Å². The zero-order valence-corrected chi connectivity index (χ0v) is 18.3. The van der Waals surface area contributed by atoms with E-state index in [-0.39, 0.29) is 41.0 Å². The van der Waals surface area contributed by atoms with Crippen LogP contribution in [0.3, 0.4) is 0 Å². The quantitative estimate of drug-likeness (QED) is 0.422. The molecule has 0 amide bonds. The summed E-state index contributed by atoms with van der Waals surface area (Å²) in [7, 11) is 2.99. The fourth-order valence-corrected chi connectivity index (χ4v) is 3.06. The van der Waals surface area contributed by atoms with Gasteiger partial charge in [-0.15, -0.1) is 11.3 Å². The van der Waals surface area contributed by atoms with E-state index < -0.39 is 0 Å². The van der Waals surface area contributed by atoms with Crippen molar-refractivity contribution in [1.82, 2.24) is 0 Å². The number of hydrogen-bond donors (Lipinski definition) is 2. The predicted molar refractivity (Wildman–Crippen MR) is 108 cm³/mol. The summed E-state index contributed by atoms with van der Waals surface area (Å²) in [6.07, 6.45) is 3.11. The second-order valence-corrected chi connectivity index (χ2v) is 6.20. The first-order valence-electron chi connectivity index (χ1n) is 8.00. The number of aliphatic imine (C=N–C) groups is 2. The molecule has 2 N–H and O–H groups in total. The molecule has 1 aromatic heterocycles. The number of thiophene rings is 1. The van der Waals surface area contributed by atoms with E-state index in [1.54, 1.807) is 48.8 Å². The summed E-state index contributed by atoms with van der Waals surface area (Å²) in [6.45, 7) is 0. The van der Waals surface area contributed by atoms with Crippen LogP contribution in [-0.2, 0) is 17.1 Å². The van der Waals surface area contributed by atoms with Crippen LogP contribution in [0.25, 0.3) is 0 Å². The van der Waals surface area contributed by atoms with Gasteiger partial charge in [0.25, 0.3) is 0 Å². The second-order valence-electron chi connectivity index (χ2n) is 5.45. The maximum absolute atomic E-state index is 10.1. The van der Waals surface area contributed by atoms with E-state index >= 15 is 0 Å². The fourth-order valence-electron chi connectivity index (χ4n) is 2.37. The minimum Gasteiger partial charge on any atom is -1.00 e. The molecule has 0 aliphatic rings. The van der Waals surface area contributed by atoms with Crippen LogP contribution in [0.1, 0.15) is 11.1 Å². The van der Waals surface area contributed by atoms with E-state index in [1.807, 2.05) is 10.8 Å². The number of nitrogens with zero attached hydrogens (tertiary/aromatic N) is 2. The smallest absolute Gasteiger partial charge is 1.00 e. The number of halogens is 1. The summed E-state index contributed by atoms with van der Waals surface area (Å²) in [5.41, 5.74) is 2.39. The van der Waals surface area contributed by atoms with Gasteiger partial charge in [0, 0.05) is 34.3 Å². The number of methoxy groups -OCH3 is 2. The molecular weight excluding hydrogens is 455 g/mol. The van der Waals surface area contributed by atoms with Crippen molar-refractivity contribution in [2.24, 2.45) is 9.98 Å². The average molecular weight is 473 g/mol. The molecule has 3 rings (SSSR count). The Labute approximate surface area is 189 Å². The molecule has 0 fully saturated rings. The molecule has 6 nitrogen and oxygen atoms in total. The van der Waals surface area contributed by atoms with E-state index in [1.165, 1.54) is 25.6 Å². The topological polar surface area (TPSA) is 83.6 Å². The summed E-state index contributed by atoms with van der Waals surface area (Å²) < 4.78 is 10.2. The molecule has 1 heterocycles. The standard InChI is InChI=1S/C20H18N2O4S.ClH.Mn/c1-25-17-7-3-5-13(19(17)23)9-21-15-11-27-12-16(15)22-10-14-6-4-8-18(26-2)20(14)24;;/h3-12,23-24H,1-2H3;1H;/q;;+2/p-1. The third-order valence-electron chi connectivity index (χ3n) is 3.81. The Morgan fingerprint density at radius 1 is 0.793 bits per heavy atom. The van der Waals surface area contributed by atoms with E-state index in [4.69, 9.17) is 9.47 Å². The molecule has 0 saturated heterocycles. The summed E-state index contributed by atoms with van der Waals surface area (Å²) in [6, 6.07) is 10.4. The van der Waals surface area contributed by atoms with Crippen molar-refractivity contribution < 1.29 is 49.2 Å². The van der Waals surface area contributed by atoms with Crippen molar-refractivity contribution in [3.63, 3.8) is 0 Å². The van der Waals surface area contributed by atoms with Crippen LogP contribution in [0.5, 0.6) is 23.0 Å². The number of phenols is 2. The first-order chi connectivity index (χ1) is 13.1. The molecule has 3 aromatic rings. The molecular formula is C20H18ClMnN2O4S+. The number of hydrogen-bond acceptors (Lipinski definition) is 7. The van der Waals surface area contributed by atoms with Gasteiger partial charge in [0.05, 0.1) is 25.6 Å². The van der Waals surface area contributed by atoms with Crippen LogP contribution in [0.2, 0.25) is 0 Å². The van der Waals surface area contributed by atoms with Gasteiger partial charge in [-0.1, -0.05) is 12.1 Å². The van der Waals surface area contributed by atoms with E-state index in [0.717, 1.165) is 0 Å². The molecule has 9 heteroatoms. The number of benzene rings is 2. The Kier molecular flexibility index (Phi) is 9.71. The van der Waals surface area contributed by atoms with E-state index in [0.29, 0.717) is 34.0 Å². The maximum atomic E-state index is 10.1. The molecule has 29 heavy (non-hydrogen) atoms. The van der Waals surface area contributed by atoms with Gasteiger partial charge in [-0.05, 0) is 24.3 Å². The maximum Gasteiger partial charge on any atom is 2.00 e. The Bertz CT molecular complexity index is 930. The molecule has 2 aromatic carbocycles. The second kappa shape index (κ2) is 11.5. The minimum atomic E-state index is 0. The first kappa shape index (κ1) is 24.5. The number of aromatic hydroxyl groups is 2. The van der Waals surface area contributed by atoms with Crippen molar-refractivity contribution in [1.29, 1.82) is 0 Å². The summed E-state index contributed by atoms with van der Waals surface area (Å²) in [4.78, 5) is 8.82. The van der Waals surface area contributed by atoms with Gasteiger partial charge in [-0.25, -0.2) is 0 Å². The van der Waals surface area contributed by atoms with Crippen molar-refractivity contribution in [3.8, 4) is 23.0 Å². The van der Waals surface area contributed by atoms with Gasteiger partial charge in [-0.3, -0.25) is 9.98 Å². The zero-order chi connectivity index (χ0) is 19.2. The molecule has 0 bridgehead atoms. The van der Waals surface area contributed by atoms with E-state index in [9.17, 15) is 10.2 Å². The number of rotatable bonds is 6. The third kappa shape index (κ3) is 5.74. The third-order valence-corrected chi connectivity index (χ3v) is 4.53. The van der Waals surface area contributed by atoms with Gasteiger partial charge in [0.15, 0.2) is 23.0 Å². The van der Waals surface area contributed by atoms with Crippen LogP contribution in [-0.4, -0.2) is 36.9 Å². The molecule has 0 unspecified atom stereocenters. The van der Waals surface area contributed by atoms with Crippen molar-refractivity contribution >= 4 is 35.1 Å². The van der Waals surface area contributed by atoms with Gasteiger partial charge in [-0.2, -0.15) is 0 Å². The number of ether oxygens (including phenoxy) is 2. The van der Waals surface area contributed by atoms with Gasteiger partial charge < -0.3 is 32.1 Å². The number of phenolic OH excluding ortho intramolecular Hbond substituents is 2. The van der Waals surface area contributed by atoms with Crippen LogP contribution in [0.4, 0.5) is 11.4 Å². The molecule has 0 atom stereocenters. The molecule has 0 aliphatic heterocycles. The Morgan fingerprint density at radius 3 is 1.59 bits per heavy atom. The van der Waals surface area contributed by atoms with Crippen LogP contribution in [0.15, 0.2) is 57.1 Å². The minimum absolute atomic E-state index is 0. The molecule has 0 saturated carbocycles. The first-order valence-corrected chi connectivity index (χ1v) is 8.94. The molecule has 151 valence electrons. The van der Waals surface area contributed by atoms with Crippen molar-refractivity contribution in [2.45, 2.75) is 0 Å². The van der Waals surface area contributed by atoms with E-state index in [2.05, 4.69) is 9.98 Å². The zero-order valence-electron chi connectivity index (χ0n) is 15.5. The molecule has 0 spiro atoms. The Hall–Kier alpha value is -2.51. The SMILES string of the molecule is COc1cccc(C=Nc2cscc2N=Cc2cccc(OC)c2O)c1O.[Cl-].[Mn+2]. The van der Waals surface area contributed by atoms with Gasteiger partial charge in [0.1, 0.15) is 0 Å². The van der Waals surface area contributed by atoms with Crippen LogP contribution >= 0.6 is 11.3 Å². The molecule has 0 aliphatic carbocycles. The largest absolute Gasteiger partial charge is 2.00 e. The van der Waals surface area contributed by atoms with Crippen molar-refractivity contribution in [3.05, 3.63) is 58.3 Å². The normalized spacial score (nSPS) is 10.6. The van der Waals surface area contributed by atoms with Crippen LogP contribution < -0.4 is 21.9 Å². The van der Waals surface area contributed by atoms with Crippen molar-refractivity contribution in [2.75, 3.05) is 14.2 Å². The fraction of sp³-hybridized carbons (Fsp3) is 0.100. The Morgan fingerprint density at radius 2 is 1.21 bits per heavy atom. The van der Waals surface area contributed by atoms with Crippen LogP contribution in [0, 0.1) is 0 Å². The summed E-state index contributed by atoms with van der Waals surface area (Å²) >= 11 is 1.46. The average Bonchev–Trinajstić information content (AvgIpc) is 3.14.